The van der Waals surface area contributed by atoms with Gasteiger partial charge in [-0.05, 0) is 6.07 Å². The largest absolute Gasteiger partial charge is 0.382 e. The summed E-state index contributed by atoms with van der Waals surface area (Å²) < 4.78 is 19.8. The first-order valence-electron chi connectivity index (χ1n) is 7.50. The highest BCUT2D eigenvalue weighted by atomic mass is 19.1. The third kappa shape index (κ3) is 3.27. The SMILES string of the molecule is N#Cc1c(N)nc(N)nc1-c1ccc(CN2CCOCC2)c(F)c1. The number of nitrogen functional groups attached to an aromatic ring is 2. The van der Waals surface area contributed by atoms with Crippen LogP contribution in [0.25, 0.3) is 11.3 Å². The number of nitriles is 1. The molecule has 3 rings (SSSR count). The molecule has 0 spiro atoms. The van der Waals surface area contributed by atoms with Gasteiger partial charge in [0.2, 0.25) is 5.95 Å². The summed E-state index contributed by atoms with van der Waals surface area (Å²) in [5, 5.41) is 9.23. The van der Waals surface area contributed by atoms with E-state index in [-0.39, 0.29) is 28.8 Å². The van der Waals surface area contributed by atoms with Gasteiger partial charge < -0.3 is 16.2 Å². The molecule has 0 amide bonds. The number of ether oxygens (including phenoxy) is 1. The van der Waals surface area contributed by atoms with Crippen LogP contribution in [0.3, 0.4) is 0 Å². The number of morpholine rings is 1. The quantitative estimate of drug-likeness (QED) is 0.868. The van der Waals surface area contributed by atoms with Crippen molar-refractivity contribution in [3.8, 4) is 17.3 Å². The predicted octanol–water partition coefficient (Wildman–Crippen LogP) is 1.15. The summed E-state index contributed by atoms with van der Waals surface area (Å²) in [5.41, 5.74) is 12.6. The van der Waals surface area contributed by atoms with Crippen molar-refractivity contribution in [2.24, 2.45) is 0 Å². The summed E-state index contributed by atoms with van der Waals surface area (Å²) >= 11 is 0. The lowest BCUT2D eigenvalue weighted by Crippen LogP contribution is -2.35. The van der Waals surface area contributed by atoms with Crippen molar-refractivity contribution in [3.05, 3.63) is 35.1 Å². The Labute approximate surface area is 138 Å². The second kappa shape index (κ2) is 6.78. The minimum absolute atomic E-state index is 0.0159. The Morgan fingerprint density at radius 1 is 1.25 bits per heavy atom. The van der Waals surface area contributed by atoms with Crippen LogP contribution >= 0.6 is 0 Å². The topological polar surface area (TPSA) is 114 Å². The molecule has 24 heavy (non-hydrogen) atoms. The van der Waals surface area contributed by atoms with Crippen molar-refractivity contribution in [2.45, 2.75) is 6.54 Å². The number of hydrogen-bond acceptors (Lipinski definition) is 7. The highest BCUT2D eigenvalue weighted by Crippen LogP contribution is 2.27. The van der Waals surface area contributed by atoms with E-state index < -0.39 is 0 Å². The molecule has 7 nitrogen and oxygen atoms in total. The number of nitrogens with zero attached hydrogens (tertiary/aromatic N) is 4. The van der Waals surface area contributed by atoms with Gasteiger partial charge in [-0.15, -0.1) is 0 Å². The van der Waals surface area contributed by atoms with Crippen LogP contribution in [0.1, 0.15) is 11.1 Å². The van der Waals surface area contributed by atoms with Crippen LogP contribution in [0, 0.1) is 17.1 Å². The molecule has 0 bridgehead atoms. The summed E-state index contributed by atoms with van der Waals surface area (Å²) in [6, 6.07) is 6.68. The molecule has 2 heterocycles. The zero-order valence-electron chi connectivity index (χ0n) is 13.0. The molecule has 2 aromatic rings. The van der Waals surface area contributed by atoms with Gasteiger partial charge in [-0.3, -0.25) is 4.90 Å². The van der Waals surface area contributed by atoms with Gasteiger partial charge in [-0.2, -0.15) is 10.2 Å². The van der Waals surface area contributed by atoms with Crippen molar-refractivity contribution in [2.75, 3.05) is 37.8 Å². The number of aromatic nitrogens is 2. The van der Waals surface area contributed by atoms with Crippen molar-refractivity contribution >= 4 is 11.8 Å². The molecule has 4 N–H and O–H groups in total. The normalized spacial score (nSPS) is 15.2. The summed E-state index contributed by atoms with van der Waals surface area (Å²) in [7, 11) is 0. The zero-order valence-corrected chi connectivity index (χ0v) is 13.0. The molecule has 1 aromatic heterocycles. The Balaban J connectivity index is 1.91. The third-order valence-electron chi connectivity index (χ3n) is 3.89. The van der Waals surface area contributed by atoms with Crippen LogP contribution in [0.4, 0.5) is 16.2 Å². The maximum absolute atomic E-state index is 14.5. The van der Waals surface area contributed by atoms with E-state index in [9.17, 15) is 9.65 Å². The molecule has 1 aliphatic heterocycles. The van der Waals surface area contributed by atoms with Crippen molar-refractivity contribution in [1.29, 1.82) is 5.26 Å². The van der Waals surface area contributed by atoms with E-state index in [2.05, 4.69) is 14.9 Å². The molecule has 0 saturated carbocycles. The second-order valence-corrected chi connectivity index (χ2v) is 5.50. The number of halogens is 1. The first kappa shape index (κ1) is 16.1. The first-order valence-corrected chi connectivity index (χ1v) is 7.50. The minimum Gasteiger partial charge on any atom is -0.382 e. The standard InChI is InChI=1S/C16H17FN6O/c17-13-7-10(14-12(8-18)15(19)22-16(20)21-14)1-2-11(13)9-23-3-5-24-6-4-23/h1-2,7H,3-6,9H2,(H4,19,20,21,22). The maximum Gasteiger partial charge on any atom is 0.222 e. The minimum atomic E-state index is -0.362. The fourth-order valence-electron chi connectivity index (χ4n) is 2.64. The molecule has 124 valence electrons. The van der Waals surface area contributed by atoms with Crippen LogP contribution in [-0.4, -0.2) is 41.2 Å². The first-order chi connectivity index (χ1) is 11.6. The van der Waals surface area contributed by atoms with Crippen molar-refractivity contribution in [3.63, 3.8) is 0 Å². The van der Waals surface area contributed by atoms with Crippen molar-refractivity contribution < 1.29 is 9.13 Å². The lowest BCUT2D eigenvalue weighted by atomic mass is 10.0. The van der Waals surface area contributed by atoms with E-state index >= 15 is 0 Å². The second-order valence-electron chi connectivity index (χ2n) is 5.50. The van der Waals surface area contributed by atoms with Gasteiger partial charge in [0.1, 0.15) is 23.3 Å². The van der Waals surface area contributed by atoms with E-state index in [0.29, 0.717) is 30.9 Å². The molecule has 1 aliphatic rings. The van der Waals surface area contributed by atoms with Crippen LogP contribution in [-0.2, 0) is 11.3 Å². The zero-order chi connectivity index (χ0) is 17.1. The smallest absolute Gasteiger partial charge is 0.222 e. The molecule has 0 atom stereocenters. The van der Waals surface area contributed by atoms with Crippen molar-refractivity contribution in [1.82, 2.24) is 14.9 Å². The van der Waals surface area contributed by atoms with Gasteiger partial charge >= 0.3 is 0 Å². The Kier molecular flexibility index (Phi) is 4.55. The van der Waals surface area contributed by atoms with E-state index in [4.69, 9.17) is 16.2 Å². The highest BCUT2D eigenvalue weighted by molar-refractivity contribution is 5.73. The lowest BCUT2D eigenvalue weighted by Gasteiger charge is -2.26. The van der Waals surface area contributed by atoms with E-state index in [1.54, 1.807) is 12.1 Å². The molecular weight excluding hydrogens is 311 g/mol. The summed E-state index contributed by atoms with van der Waals surface area (Å²) in [4.78, 5) is 9.92. The maximum atomic E-state index is 14.5. The number of hydrogen-bond donors (Lipinski definition) is 2. The average Bonchev–Trinajstić information content (AvgIpc) is 2.57. The molecule has 1 saturated heterocycles. The van der Waals surface area contributed by atoms with Crippen LogP contribution in [0.2, 0.25) is 0 Å². The van der Waals surface area contributed by atoms with Gasteiger partial charge in [0.15, 0.2) is 0 Å². The molecule has 0 aliphatic carbocycles. The predicted molar refractivity (Wildman–Crippen MR) is 87.1 cm³/mol. The summed E-state index contributed by atoms with van der Waals surface area (Å²) in [6.45, 7) is 3.38. The molecular formula is C16H17FN6O. The number of rotatable bonds is 3. The number of anilines is 2. The fraction of sp³-hybridized carbons (Fsp3) is 0.312. The third-order valence-corrected chi connectivity index (χ3v) is 3.89. The van der Waals surface area contributed by atoms with Gasteiger partial charge in [0.05, 0.1) is 18.9 Å². The number of nitrogens with two attached hydrogens (primary N) is 2. The van der Waals surface area contributed by atoms with E-state index in [1.807, 2.05) is 6.07 Å². The van der Waals surface area contributed by atoms with Gasteiger partial charge in [-0.25, -0.2) is 9.37 Å². The molecule has 1 aromatic carbocycles. The van der Waals surface area contributed by atoms with E-state index in [0.717, 1.165) is 13.1 Å². The van der Waals surface area contributed by atoms with Crippen LogP contribution in [0.15, 0.2) is 18.2 Å². The molecule has 8 heteroatoms. The van der Waals surface area contributed by atoms with Crippen LogP contribution in [0.5, 0.6) is 0 Å². The van der Waals surface area contributed by atoms with Gasteiger partial charge in [0.25, 0.3) is 0 Å². The monoisotopic (exact) mass is 328 g/mol. The number of benzene rings is 1. The van der Waals surface area contributed by atoms with Gasteiger partial charge in [0, 0.05) is 30.8 Å². The molecule has 1 fully saturated rings. The molecule has 0 radical (unpaired) electrons. The van der Waals surface area contributed by atoms with E-state index in [1.165, 1.54) is 6.07 Å². The van der Waals surface area contributed by atoms with Gasteiger partial charge in [-0.1, -0.05) is 12.1 Å². The highest BCUT2D eigenvalue weighted by Gasteiger charge is 2.17. The Hall–Kier alpha value is -2.76. The summed E-state index contributed by atoms with van der Waals surface area (Å²) in [6.07, 6.45) is 0. The lowest BCUT2D eigenvalue weighted by molar-refractivity contribution is 0.0337. The fourth-order valence-corrected chi connectivity index (χ4v) is 2.64. The Bertz CT molecular complexity index is 798. The van der Waals surface area contributed by atoms with Crippen LogP contribution < -0.4 is 11.5 Å². The Morgan fingerprint density at radius 2 is 2.00 bits per heavy atom. The Morgan fingerprint density at radius 3 is 2.67 bits per heavy atom. The molecule has 0 unspecified atom stereocenters. The average molecular weight is 328 g/mol. The summed E-state index contributed by atoms with van der Waals surface area (Å²) in [5.74, 6) is -0.435.